The molecule has 2 aromatic rings. The monoisotopic (exact) mass is 474 g/mol. The van der Waals surface area contributed by atoms with E-state index in [9.17, 15) is 14.0 Å². The van der Waals surface area contributed by atoms with Crippen molar-refractivity contribution in [2.75, 3.05) is 27.3 Å². The maximum atomic E-state index is 14.5. The van der Waals surface area contributed by atoms with E-state index in [1.54, 1.807) is 11.0 Å². The van der Waals surface area contributed by atoms with Crippen LogP contribution in [-0.4, -0.2) is 54.9 Å². The number of pyridine rings is 1. The highest BCUT2D eigenvalue weighted by Crippen LogP contribution is 2.29. The van der Waals surface area contributed by atoms with Crippen molar-refractivity contribution in [2.24, 2.45) is 0 Å². The van der Waals surface area contributed by atoms with E-state index < -0.39 is 17.4 Å². The van der Waals surface area contributed by atoms with E-state index in [-0.39, 0.29) is 35.5 Å². The molecule has 2 heterocycles. The number of esters is 1. The number of carbonyl (C=O) groups is 2. The maximum Gasteiger partial charge on any atom is 0.410 e. The smallest absolute Gasteiger partial charge is 0.410 e. The number of methoxy groups -OCH3 is 2. The van der Waals surface area contributed by atoms with Crippen LogP contribution in [0.4, 0.5) is 9.18 Å². The molecule has 3 rings (SSSR count). The first-order valence-electron chi connectivity index (χ1n) is 11.1. The van der Waals surface area contributed by atoms with Crippen molar-refractivity contribution in [3.8, 4) is 11.6 Å². The molecular formula is C25H31FN2O6. The minimum absolute atomic E-state index is 0.00379. The maximum absolute atomic E-state index is 14.5. The van der Waals surface area contributed by atoms with Crippen molar-refractivity contribution in [3.05, 3.63) is 53.0 Å². The van der Waals surface area contributed by atoms with E-state index in [0.29, 0.717) is 19.0 Å². The van der Waals surface area contributed by atoms with Crippen LogP contribution >= 0.6 is 0 Å². The Morgan fingerprint density at radius 2 is 1.85 bits per heavy atom. The zero-order valence-corrected chi connectivity index (χ0v) is 20.2. The molecule has 1 aromatic carbocycles. The van der Waals surface area contributed by atoms with E-state index in [2.05, 4.69) is 9.72 Å². The molecule has 34 heavy (non-hydrogen) atoms. The summed E-state index contributed by atoms with van der Waals surface area (Å²) in [7, 11) is 2.61. The predicted molar refractivity (Wildman–Crippen MR) is 123 cm³/mol. The summed E-state index contributed by atoms with van der Waals surface area (Å²) in [6.45, 7) is 6.64. The van der Waals surface area contributed by atoms with Gasteiger partial charge in [0.1, 0.15) is 29.3 Å². The summed E-state index contributed by atoms with van der Waals surface area (Å²) in [5, 5.41) is 0. The van der Waals surface area contributed by atoms with Gasteiger partial charge in [-0.1, -0.05) is 6.07 Å². The van der Waals surface area contributed by atoms with Crippen molar-refractivity contribution >= 4 is 12.1 Å². The summed E-state index contributed by atoms with van der Waals surface area (Å²) < 4.78 is 35.6. The first kappa shape index (κ1) is 25.3. The Labute approximate surface area is 199 Å². The SMILES string of the molecule is COC(=O)c1cc(F)c(COc2cccc(C3CCN(C(=O)OC(C)(C)C)CC3)n2)cc1OC. The quantitative estimate of drug-likeness (QED) is 0.561. The number of hydrogen-bond donors (Lipinski definition) is 0. The van der Waals surface area contributed by atoms with Gasteiger partial charge in [-0.3, -0.25) is 0 Å². The van der Waals surface area contributed by atoms with Crippen molar-refractivity contribution in [3.63, 3.8) is 0 Å². The fourth-order valence-corrected chi connectivity index (χ4v) is 3.72. The van der Waals surface area contributed by atoms with Crippen LogP contribution in [0.2, 0.25) is 0 Å². The number of amides is 1. The number of halogens is 1. The van der Waals surface area contributed by atoms with Crippen LogP contribution in [-0.2, 0) is 16.1 Å². The summed E-state index contributed by atoms with van der Waals surface area (Å²) in [6.07, 6.45) is 1.22. The molecule has 0 atom stereocenters. The Balaban J connectivity index is 1.63. The van der Waals surface area contributed by atoms with E-state index in [1.165, 1.54) is 20.3 Å². The molecule has 184 valence electrons. The Bertz CT molecular complexity index is 1030. The lowest BCUT2D eigenvalue weighted by Crippen LogP contribution is -2.41. The van der Waals surface area contributed by atoms with Crippen molar-refractivity contribution in [1.82, 2.24) is 9.88 Å². The van der Waals surface area contributed by atoms with Crippen LogP contribution in [0.25, 0.3) is 0 Å². The first-order valence-corrected chi connectivity index (χ1v) is 11.1. The van der Waals surface area contributed by atoms with Crippen molar-refractivity contribution < 1.29 is 32.9 Å². The summed E-state index contributed by atoms with van der Waals surface area (Å²) in [5.74, 6) is -0.548. The highest BCUT2D eigenvalue weighted by molar-refractivity contribution is 5.92. The highest BCUT2D eigenvalue weighted by Gasteiger charge is 2.28. The largest absolute Gasteiger partial charge is 0.496 e. The van der Waals surface area contributed by atoms with Gasteiger partial charge in [-0.25, -0.2) is 19.0 Å². The lowest BCUT2D eigenvalue weighted by Gasteiger charge is -2.33. The number of nitrogens with zero attached hydrogens (tertiary/aromatic N) is 2. The standard InChI is InChI=1S/C25H31FN2O6/c1-25(2,3)34-24(30)28-11-9-16(10-12-28)20-7-6-8-22(27-20)33-15-17-13-21(31-4)18(14-19(17)26)23(29)32-5/h6-8,13-14,16H,9-12,15H2,1-5H3. The van der Waals surface area contributed by atoms with E-state index in [1.807, 2.05) is 32.9 Å². The number of rotatable bonds is 6. The molecule has 0 bridgehead atoms. The highest BCUT2D eigenvalue weighted by atomic mass is 19.1. The number of hydrogen-bond acceptors (Lipinski definition) is 7. The summed E-state index contributed by atoms with van der Waals surface area (Å²) in [6, 6.07) is 7.96. The normalized spacial score (nSPS) is 14.5. The minimum Gasteiger partial charge on any atom is -0.496 e. The molecule has 1 aliphatic heterocycles. The van der Waals surface area contributed by atoms with Gasteiger partial charge in [0.2, 0.25) is 5.88 Å². The number of likely N-dealkylation sites (tertiary alicyclic amines) is 1. The Kier molecular flexibility index (Phi) is 7.96. The average Bonchev–Trinajstić information content (AvgIpc) is 2.81. The summed E-state index contributed by atoms with van der Waals surface area (Å²) >= 11 is 0. The van der Waals surface area contributed by atoms with Crippen molar-refractivity contribution in [2.45, 2.75) is 51.7 Å². The van der Waals surface area contributed by atoms with Gasteiger partial charge in [-0.05, 0) is 51.8 Å². The van der Waals surface area contributed by atoms with Crippen LogP contribution in [0.1, 0.15) is 61.1 Å². The lowest BCUT2D eigenvalue weighted by atomic mass is 9.93. The van der Waals surface area contributed by atoms with Gasteiger partial charge in [-0.15, -0.1) is 0 Å². The van der Waals surface area contributed by atoms with Crippen molar-refractivity contribution in [1.29, 1.82) is 0 Å². The molecule has 0 saturated carbocycles. The number of carbonyl (C=O) groups excluding carboxylic acids is 2. The van der Waals surface area contributed by atoms with E-state index in [4.69, 9.17) is 14.2 Å². The molecule has 0 N–H and O–H groups in total. The van der Waals surface area contributed by atoms with Gasteiger partial charge in [0.05, 0.1) is 14.2 Å². The number of aromatic nitrogens is 1. The van der Waals surface area contributed by atoms with Crippen LogP contribution in [0.5, 0.6) is 11.6 Å². The second-order valence-electron chi connectivity index (χ2n) is 9.07. The molecule has 1 aromatic heterocycles. The molecule has 0 unspecified atom stereocenters. The molecule has 8 nitrogen and oxygen atoms in total. The third kappa shape index (κ3) is 6.36. The molecule has 1 aliphatic rings. The molecule has 9 heteroatoms. The van der Waals surface area contributed by atoms with Gasteiger partial charge in [0.15, 0.2) is 0 Å². The van der Waals surface area contributed by atoms with E-state index in [0.717, 1.165) is 24.6 Å². The van der Waals surface area contributed by atoms with Crippen LogP contribution in [0.15, 0.2) is 30.3 Å². The minimum atomic E-state index is -0.685. The molecule has 1 amide bonds. The van der Waals surface area contributed by atoms with Gasteiger partial charge in [0.25, 0.3) is 0 Å². The Morgan fingerprint density at radius 1 is 1.15 bits per heavy atom. The van der Waals surface area contributed by atoms with Crippen LogP contribution in [0.3, 0.4) is 0 Å². The molecule has 0 spiro atoms. The van der Waals surface area contributed by atoms with Gasteiger partial charge >= 0.3 is 12.1 Å². The van der Waals surface area contributed by atoms with Crippen LogP contribution < -0.4 is 9.47 Å². The van der Waals surface area contributed by atoms with E-state index >= 15 is 0 Å². The summed E-state index contributed by atoms with van der Waals surface area (Å²) in [4.78, 5) is 30.4. The fourth-order valence-electron chi connectivity index (χ4n) is 3.72. The number of piperidine rings is 1. The lowest BCUT2D eigenvalue weighted by molar-refractivity contribution is 0.0203. The van der Waals surface area contributed by atoms with Crippen LogP contribution in [0, 0.1) is 5.82 Å². The fraction of sp³-hybridized carbons (Fsp3) is 0.480. The molecular weight excluding hydrogens is 443 g/mol. The zero-order chi connectivity index (χ0) is 24.9. The topological polar surface area (TPSA) is 87.2 Å². The molecule has 0 aliphatic carbocycles. The summed E-state index contributed by atoms with van der Waals surface area (Å²) in [5.41, 5.74) is 0.566. The molecule has 1 saturated heterocycles. The Hall–Kier alpha value is -3.36. The number of ether oxygens (including phenoxy) is 4. The third-order valence-corrected chi connectivity index (χ3v) is 5.46. The number of benzene rings is 1. The molecule has 0 radical (unpaired) electrons. The third-order valence-electron chi connectivity index (χ3n) is 5.46. The van der Waals surface area contributed by atoms with Gasteiger partial charge in [0, 0.05) is 36.3 Å². The average molecular weight is 475 g/mol. The predicted octanol–water partition coefficient (Wildman–Crippen LogP) is 4.71. The first-order chi connectivity index (χ1) is 16.1. The second-order valence-corrected chi connectivity index (χ2v) is 9.07. The van der Waals surface area contributed by atoms with Gasteiger partial charge < -0.3 is 23.8 Å². The molecule has 1 fully saturated rings. The zero-order valence-electron chi connectivity index (χ0n) is 20.2. The van der Waals surface area contributed by atoms with Gasteiger partial charge in [-0.2, -0.15) is 0 Å². The second kappa shape index (κ2) is 10.7. The Morgan fingerprint density at radius 3 is 2.47 bits per heavy atom.